The topological polar surface area (TPSA) is 64.4 Å². The molecule has 1 amide bonds. The van der Waals surface area contributed by atoms with Crippen molar-refractivity contribution in [2.75, 3.05) is 18.9 Å². The van der Waals surface area contributed by atoms with Crippen LogP contribution in [0.3, 0.4) is 0 Å². The molecule has 3 N–H and O–H groups in total. The van der Waals surface area contributed by atoms with Crippen molar-refractivity contribution in [1.82, 2.24) is 5.32 Å². The summed E-state index contributed by atoms with van der Waals surface area (Å²) in [5.41, 5.74) is 11.0. The Morgan fingerprint density at radius 1 is 1.15 bits per heavy atom. The monoisotopic (exact) mass is 364 g/mol. The van der Waals surface area contributed by atoms with Crippen LogP contribution < -0.4 is 11.1 Å². The molecule has 1 atom stereocenters. The van der Waals surface area contributed by atoms with Crippen LogP contribution in [0.2, 0.25) is 0 Å². The molecular weight excluding hydrogens is 336 g/mol. The zero-order chi connectivity index (χ0) is 18.9. The van der Waals surface area contributed by atoms with E-state index in [1.165, 1.54) is 16.7 Å². The van der Waals surface area contributed by atoms with Gasteiger partial charge in [0.15, 0.2) is 0 Å². The fraction of sp³-hybridized carbons (Fsp3) is 0.435. The fourth-order valence-electron chi connectivity index (χ4n) is 4.52. The standard InChI is InChI=1S/C23H28N2O2/c1-16-5-7-18(8-6-16)23(11-13-27-14-12-23)22(26)25-21-4-2-3-17-15-19(24)9-10-20(17)21/h5-10,15,21H,2-4,11-14,24H2,1H3,(H,25,26). The lowest BCUT2D eigenvalue weighted by atomic mass is 9.72. The van der Waals surface area contributed by atoms with E-state index in [9.17, 15) is 4.79 Å². The van der Waals surface area contributed by atoms with Crippen molar-refractivity contribution in [2.45, 2.75) is 50.5 Å². The summed E-state index contributed by atoms with van der Waals surface area (Å²) >= 11 is 0. The number of fused-ring (bicyclic) bond motifs is 1. The second kappa shape index (κ2) is 7.35. The number of nitrogens with one attached hydrogen (secondary N) is 1. The Morgan fingerprint density at radius 3 is 2.63 bits per heavy atom. The van der Waals surface area contributed by atoms with Gasteiger partial charge in [0.05, 0.1) is 11.5 Å². The molecule has 0 spiro atoms. The number of aryl methyl sites for hydroxylation is 2. The maximum atomic E-state index is 13.6. The average Bonchev–Trinajstić information content (AvgIpc) is 2.69. The molecule has 0 bridgehead atoms. The normalized spacial score (nSPS) is 21.3. The second-order valence-corrected chi connectivity index (χ2v) is 7.94. The van der Waals surface area contributed by atoms with Crippen LogP contribution in [-0.4, -0.2) is 19.1 Å². The highest BCUT2D eigenvalue weighted by molar-refractivity contribution is 5.88. The first-order chi connectivity index (χ1) is 13.1. The number of anilines is 1. The smallest absolute Gasteiger partial charge is 0.231 e. The number of amides is 1. The third-order valence-electron chi connectivity index (χ3n) is 6.17. The molecule has 4 nitrogen and oxygen atoms in total. The first-order valence-corrected chi connectivity index (χ1v) is 9.93. The number of ether oxygens (including phenoxy) is 1. The van der Waals surface area contributed by atoms with Gasteiger partial charge in [0.25, 0.3) is 0 Å². The molecule has 1 saturated heterocycles. The van der Waals surface area contributed by atoms with Crippen molar-refractivity contribution in [2.24, 2.45) is 0 Å². The summed E-state index contributed by atoms with van der Waals surface area (Å²) in [7, 11) is 0. The first kappa shape index (κ1) is 18.1. The highest BCUT2D eigenvalue weighted by Crippen LogP contribution is 2.38. The molecule has 1 aliphatic carbocycles. The maximum Gasteiger partial charge on any atom is 0.231 e. The van der Waals surface area contributed by atoms with Crippen LogP contribution in [0.25, 0.3) is 0 Å². The van der Waals surface area contributed by atoms with Gasteiger partial charge < -0.3 is 15.8 Å². The van der Waals surface area contributed by atoms with E-state index in [0.717, 1.165) is 43.4 Å². The van der Waals surface area contributed by atoms with E-state index in [2.05, 4.69) is 48.6 Å². The highest BCUT2D eigenvalue weighted by Gasteiger charge is 2.42. The number of hydrogen-bond donors (Lipinski definition) is 2. The average molecular weight is 364 g/mol. The third kappa shape index (κ3) is 3.46. The molecule has 1 unspecified atom stereocenters. The van der Waals surface area contributed by atoms with Gasteiger partial charge in [-0.2, -0.15) is 0 Å². The van der Waals surface area contributed by atoms with Gasteiger partial charge in [0.2, 0.25) is 5.91 Å². The van der Waals surface area contributed by atoms with E-state index in [4.69, 9.17) is 10.5 Å². The summed E-state index contributed by atoms with van der Waals surface area (Å²) < 4.78 is 5.59. The van der Waals surface area contributed by atoms with Crippen LogP contribution in [0.1, 0.15) is 54.0 Å². The lowest BCUT2D eigenvalue weighted by molar-refractivity contribution is -0.131. The van der Waals surface area contributed by atoms with Gasteiger partial charge in [-0.15, -0.1) is 0 Å². The molecule has 1 heterocycles. The summed E-state index contributed by atoms with van der Waals surface area (Å²) in [5.74, 6) is 0.129. The Kier molecular flexibility index (Phi) is 4.92. The number of nitrogen functional groups attached to an aromatic ring is 1. The van der Waals surface area contributed by atoms with E-state index in [0.29, 0.717) is 13.2 Å². The molecule has 4 heteroatoms. The van der Waals surface area contributed by atoms with E-state index in [-0.39, 0.29) is 11.9 Å². The number of benzene rings is 2. The number of rotatable bonds is 3. The molecular formula is C23H28N2O2. The van der Waals surface area contributed by atoms with E-state index >= 15 is 0 Å². The van der Waals surface area contributed by atoms with Crippen LogP contribution in [0.15, 0.2) is 42.5 Å². The Bertz CT molecular complexity index is 823. The summed E-state index contributed by atoms with van der Waals surface area (Å²) in [4.78, 5) is 13.6. The molecule has 4 rings (SSSR count). The number of hydrogen-bond acceptors (Lipinski definition) is 3. The van der Waals surface area contributed by atoms with Crippen LogP contribution in [0, 0.1) is 6.92 Å². The van der Waals surface area contributed by atoms with Gasteiger partial charge in [-0.3, -0.25) is 4.79 Å². The SMILES string of the molecule is Cc1ccc(C2(C(=O)NC3CCCc4cc(N)ccc43)CCOCC2)cc1. The summed E-state index contributed by atoms with van der Waals surface area (Å²) in [5, 5.41) is 3.38. The molecule has 2 aromatic rings. The third-order valence-corrected chi connectivity index (χ3v) is 6.17. The molecule has 0 radical (unpaired) electrons. The van der Waals surface area contributed by atoms with Crippen molar-refractivity contribution in [3.63, 3.8) is 0 Å². The van der Waals surface area contributed by atoms with Crippen LogP contribution in [0.5, 0.6) is 0 Å². The quantitative estimate of drug-likeness (QED) is 0.814. The summed E-state index contributed by atoms with van der Waals surface area (Å²) in [6.45, 7) is 3.32. The van der Waals surface area contributed by atoms with Gasteiger partial charge in [-0.05, 0) is 67.9 Å². The largest absolute Gasteiger partial charge is 0.399 e. The number of carbonyl (C=O) groups excluding carboxylic acids is 1. The second-order valence-electron chi connectivity index (χ2n) is 7.94. The fourth-order valence-corrected chi connectivity index (χ4v) is 4.52. The highest BCUT2D eigenvalue weighted by atomic mass is 16.5. The zero-order valence-electron chi connectivity index (χ0n) is 16.0. The van der Waals surface area contributed by atoms with Crippen LogP contribution in [0.4, 0.5) is 5.69 Å². The van der Waals surface area contributed by atoms with Crippen LogP contribution in [-0.2, 0) is 21.4 Å². The summed E-state index contributed by atoms with van der Waals surface area (Å²) in [6.07, 6.45) is 4.53. The molecule has 2 aromatic carbocycles. The van der Waals surface area contributed by atoms with Crippen molar-refractivity contribution in [3.05, 3.63) is 64.7 Å². The van der Waals surface area contributed by atoms with Crippen molar-refractivity contribution >= 4 is 11.6 Å². The van der Waals surface area contributed by atoms with Crippen molar-refractivity contribution in [1.29, 1.82) is 0 Å². The van der Waals surface area contributed by atoms with E-state index < -0.39 is 5.41 Å². The van der Waals surface area contributed by atoms with Gasteiger partial charge in [0, 0.05) is 18.9 Å². The molecule has 142 valence electrons. The molecule has 1 aliphatic heterocycles. The van der Waals surface area contributed by atoms with Gasteiger partial charge in [-0.25, -0.2) is 0 Å². The van der Waals surface area contributed by atoms with Gasteiger partial charge in [-0.1, -0.05) is 35.9 Å². The molecule has 2 aliphatic rings. The maximum absolute atomic E-state index is 13.6. The predicted molar refractivity (Wildman–Crippen MR) is 108 cm³/mol. The first-order valence-electron chi connectivity index (χ1n) is 9.93. The molecule has 27 heavy (non-hydrogen) atoms. The minimum atomic E-state index is -0.503. The lowest BCUT2D eigenvalue weighted by Gasteiger charge is -2.38. The van der Waals surface area contributed by atoms with E-state index in [1.54, 1.807) is 0 Å². The Hall–Kier alpha value is -2.33. The number of carbonyl (C=O) groups is 1. The minimum absolute atomic E-state index is 0.0621. The summed E-state index contributed by atoms with van der Waals surface area (Å²) in [6, 6.07) is 14.5. The van der Waals surface area contributed by atoms with Crippen LogP contribution >= 0.6 is 0 Å². The van der Waals surface area contributed by atoms with Gasteiger partial charge >= 0.3 is 0 Å². The minimum Gasteiger partial charge on any atom is -0.399 e. The Labute approximate surface area is 161 Å². The lowest BCUT2D eigenvalue weighted by Crippen LogP contribution is -2.49. The zero-order valence-corrected chi connectivity index (χ0v) is 16.0. The Balaban J connectivity index is 1.63. The predicted octanol–water partition coefficient (Wildman–Crippen LogP) is 3.82. The molecule has 1 fully saturated rings. The molecule has 0 aromatic heterocycles. The number of nitrogens with two attached hydrogens (primary N) is 1. The van der Waals surface area contributed by atoms with Crippen molar-refractivity contribution < 1.29 is 9.53 Å². The molecule has 0 saturated carbocycles. The Morgan fingerprint density at radius 2 is 1.89 bits per heavy atom. The van der Waals surface area contributed by atoms with Crippen molar-refractivity contribution in [3.8, 4) is 0 Å². The van der Waals surface area contributed by atoms with Gasteiger partial charge in [0.1, 0.15) is 0 Å². The van der Waals surface area contributed by atoms with E-state index in [1.807, 2.05) is 6.07 Å².